The minimum atomic E-state index is -1.63. The topological polar surface area (TPSA) is 38.8 Å². The Labute approximate surface area is 187 Å². The molecule has 1 amide bonds. The molecule has 0 atom stereocenters. The van der Waals surface area contributed by atoms with Gasteiger partial charge in [0, 0.05) is 30.3 Å². The summed E-state index contributed by atoms with van der Waals surface area (Å²) < 4.78 is 67.7. The van der Waals surface area contributed by atoms with E-state index in [0.29, 0.717) is 11.1 Å². The number of piperidine rings is 1. The van der Waals surface area contributed by atoms with E-state index in [1.165, 1.54) is 59.5 Å². The maximum atomic E-state index is 14.9. The predicted molar refractivity (Wildman–Crippen MR) is 111 cm³/mol. The molecule has 5 rings (SSSR count). The summed E-state index contributed by atoms with van der Waals surface area (Å²) in [6.07, 6.45) is -0.561. The molecule has 0 unspecified atom stereocenters. The second-order valence-electron chi connectivity index (χ2n) is 8.08. The Bertz CT molecular complexity index is 1140. The van der Waals surface area contributed by atoms with Gasteiger partial charge < -0.3 is 14.4 Å². The van der Waals surface area contributed by atoms with Crippen molar-refractivity contribution in [2.45, 2.75) is 24.8 Å². The predicted octanol–water partition coefficient (Wildman–Crippen LogP) is 5.35. The van der Waals surface area contributed by atoms with Crippen molar-refractivity contribution in [2.75, 3.05) is 13.1 Å². The first-order valence-corrected chi connectivity index (χ1v) is 10.5. The fourth-order valence-corrected chi connectivity index (χ4v) is 4.15. The number of hydrogen-bond acceptors (Lipinski definition) is 3. The molecular formula is C25H19F4NO3. The third-order valence-electron chi connectivity index (χ3n) is 5.93. The van der Waals surface area contributed by atoms with Crippen molar-refractivity contribution in [2.24, 2.45) is 0 Å². The molecule has 33 heavy (non-hydrogen) atoms. The molecule has 0 radical (unpaired) electrons. The minimum Gasteiger partial charge on any atom is -0.440 e. The van der Waals surface area contributed by atoms with Gasteiger partial charge in [0.25, 0.3) is 5.91 Å². The monoisotopic (exact) mass is 457 g/mol. The molecule has 8 heteroatoms. The number of carbonyl (C=O) groups excluding carboxylic acids is 1. The molecule has 2 heterocycles. The molecule has 4 nitrogen and oxygen atoms in total. The lowest BCUT2D eigenvalue weighted by Crippen LogP contribution is -2.39. The van der Waals surface area contributed by atoms with E-state index >= 15 is 0 Å². The van der Waals surface area contributed by atoms with Crippen LogP contribution in [0.1, 0.15) is 34.3 Å². The van der Waals surface area contributed by atoms with Gasteiger partial charge in [-0.25, -0.2) is 17.6 Å². The van der Waals surface area contributed by atoms with Gasteiger partial charge in [0.05, 0.1) is 5.56 Å². The summed E-state index contributed by atoms with van der Waals surface area (Å²) in [5.41, 5.74) is 0.568. The molecule has 3 aromatic rings. The van der Waals surface area contributed by atoms with Crippen molar-refractivity contribution in [3.63, 3.8) is 0 Å². The van der Waals surface area contributed by atoms with Gasteiger partial charge >= 0.3 is 5.79 Å². The molecule has 0 spiro atoms. The van der Waals surface area contributed by atoms with Gasteiger partial charge in [-0.15, -0.1) is 0 Å². The normalized spacial score (nSPS) is 17.3. The summed E-state index contributed by atoms with van der Waals surface area (Å²) in [5.74, 6) is -3.80. The summed E-state index contributed by atoms with van der Waals surface area (Å²) in [6.45, 7) is 0.395. The van der Waals surface area contributed by atoms with Crippen molar-refractivity contribution < 1.29 is 31.8 Å². The van der Waals surface area contributed by atoms with E-state index in [0.717, 1.165) is 6.07 Å². The van der Waals surface area contributed by atoms with Crippen LogP contribution in [0.3, 0.4) is 0 Å². The fourth-order valence-electron chi connectivity index (χ4n) is 4.15. The molecule has 0 bridgehead atoms. The van der Waals surface area contributed by atoms with E-state index in [9.17, 15) is 22.4 Å². The highest BCUT2D eigenvalue weighted by Gasteiger charge is 2.46. The highest BCUT2D eigenvalue weighted by Crippen LogP contribution is 2.48. The van der Waals surface area contributed by atoms with E-state index in [1.807, 2.05) is 0 Å². The Balaban J connectivity index is 1.54. The van der Waals surface area contributed by atoms with Gasteiger partial charge in [0.1, 0.15) is 23.6 Å². The molecule has 2 aliphatic rings. The summed E-state index contributed by atoms with van der Waals surface area (Å²) in [4.78, 5) is 14.3. The number of alkyl halides is 1. The number of carbonyl (C=O) groups is 1. The molecule has 0 N–H and O–H groups in total. The first-order valence-electron chi connectivity index (χ1n) is 10.5. The first-order chi connectivity index (χ1) is 15.9. The lowest BCUT2D eigenvalue weighted by Gasteiger charge is -2.29. The standard InChI is InChI=1S/C25H19F4NO3/c26-17-5-1-15(2-6-17)25(16-3-7-18(27)8-4-16)32-22-13-20(21(29)14-23(22)33-25)24(31)30-11-9-19(28)10-12-30/h1-8,13-14,19H,9-12H2. The second-order valence-corrected chi connectivity index (χ2v) is 8.08. The highest BCUT2D eigenvalue weighted by molar-refractivity contribution is 5.95. The lowest BCUT2D eigenvalue weighted by molar-refractivity contribution is -0.0460. The van der Waals surface area contributed by atoms with Gasteiger partial charge in [0.2, 0.25) is 0 Å². The summed E-state index contributed by atoms with van der Waals surface area (Å²) in [5, 5.41) is 0. The maximum absolute atomic E-state index is 14.9. The van der Waals surface area contributed by atoms with Crippen LogP contribution in [0, 0.1) is 17.5 Å². The number of amides is 1. The maximum Gasteiger partial charge on any atom is 0.305 e. The fraction of sp³-hybridized carbons (Fsp3) is 0.240. The Morgan fingerprint density at radius 2 is 1.30 bits per heavy atom. The molecular weight excluding hydrogens is 438 g/mol. The smallest absolute Gasteiger partial charge is 0.305 e. The van der Waals surface area contributed by atoms with Crippen molar-refractivity contribution in [1.29, 1.82) is 0 Å². The van der Waals surface area contributed by atoms with Crippen LogP contribution in [0.2, 0.25) is 0 Å². The van der Waals surface area contributed by atoms with Crippen molar-refractivity contribution in [1.82, 2.24) is 4.90 Å². The van der Waals surface area contributed by atoms with E-state index in [4.69, 9.17) is 9.47 Å². The second kappa shape index (κ2) is 8.10. The molecule has 1 saturated heterocycles. The number of nitrogens with zero attached hydrogens (tertiary/aromatic N) is 1. The van der Waals surface area contributed by atoms with Crippen LogP contribution >= 0.6 is 0 Å². The number of likely N-dealkylation sites (tertiary alicyclic amines) is 1. The number of hydrogen-bond donors (Lipinski definition) is 0. The molecule has 2 aliphatic heterocycles. The number of ether oxygens (including phenoxy) is 2. The lowest BCUT2D eigenvalue weighted by atomic mass is 9.97. The van der Waals surface area contributed by atoms with Gasteiger partial charge in [-0.2, -0.15) is 0 Å². The Morgan fingerprint density at radius 1 is 0.818 bits per heavy atom. The molecule has 0 aromatic heterocycles. The van der Waals surface area contributed by atoms with Gasteiger partial charge in [-0.3, -0.25) is 4.79 Å². The largest absolute Gasteiger partial charge is 0.440 e. The van der Waals surface area contributed by atoms with Crippen LogP contribution in [0.5, 0.6) is 11.5 Å². The zero-order valence-corrected chi connectivity index (χ0v) is 17.4. The summed E-state index contributed by atoms with van der Waals surface area (Å²) in [7, 11) is 0. The molecule has 1 fully saturated rings. The van der Waals surface area contributed by atoms with Crippen LogP contribution in [0.25, 0.3) is 0 Å². The molecule has 0 saturated carbocycles. The highest BCUT2D eigenvalue weighted by atomic mass is 19.1. The average Bonchev–Trinajstić information content (AvgIpc) is 3.19. The van der Waals surface area contributed by atoms with Crippen LogP contribution in [0.4, 0.5) is 17.6 Å². The van der Waals surface area contributed by atoms with Crippen LogP contribution in [0.15, 0.2) is 60.7 Å². The Hall–Kier alpha value is -3.55. The molecule has 170 valence electrons. The van der Waals surface area contributed by atoms with E-state index in [1.54, 1.807) is 0 Å². The van der Waals surface area contributed by atoms with E-state index < -0.39 is 35.3 Å². The van der Waals surface area contributed by atoms with Gasteiger partial charge in [0.15, 0.2) is 11.5 Å². The molecule has 0 aliphatic carbocycles. The van der Waals surface area contributed by atoms with Gasteiger partial charge in [-0.1, -0.05) is 0 Å². The average molecular weight is 457 g/mol. The summed E-state index contributed by atoms with van der Waals surface area (Å²) in [6, 6.07) is 13.0. The zero-order valence-electron chi connectivity index (χ0n) is 17.4. The number of benzene rings is 3. The van der Waals surface area contributed by atoms with Crippen LogP contribution in [-0.2, 0) is 5.79 Å². The van der Waals surface area contributed by atoms with Crippen LogP contribution in [-0.4, -0.2) is 30.1 Å². The number of halogens is 4. The molecule has 3 aromatic carbocycles. The van der Waals surface area contributed by atoms with E-state index in [-0.39, 0.29) is 43.0 Å². The van der Waals surface area contributed by atoms with Crippen molar-refractivity contribution >= 4 is 5.91 Å². The Morgan fingerprint density at radius 3 is 1.82 bits per heavy atom. The van der Waals surface area contributed by atoms with Crippen molar-refractivity contribution in [3.8, 4) is 11.5 Å². The summed E-state index contributed by atoms with van der Waals surface area (Å²) >= 11 is 0. The van der Waals surface area contributed by atoms with Crippen LogP contribution < -0.4 is 9.47 Å². The third kappa shape index (κ3) is 3.79. The number of fused-ring (bicyclic) bond motifs is 1. The van der Waals surface area contributed by atoms with Crippen molar-refractivity contribution in [3.05, 3.63) is 94.8 Å². The van der Waals surface area contributed by atoms with Gasteiger partial charge in [-0.05, 0) is 67.4 Å². The zero-order chi connectivity index (χ0) is 23.2. The van der Waals surface area contributed by atoms with E-state index in [2.05, 4.69) is 0 Å². The third-order valence-corrected chi connectivity index (χ3v) is 5.93. The number of rotatable bonds is 3. The first kappa shape index (κ1) is 21.3. The minimum absolute atomic E-state index is 0.0418. The quantitative estimate of drug-likeness (QED) is 0.498. The Kier molecular flexibility index (Phi) is 5.23. The SMILES string of the molecule is O=C(c1cc2c(cc1F)OC(c1ccc(F)cc1)(c1ccc(F)cc1)O2)N1CCC(F)CC1.